The Morgan fingerprint density at radius 2 is 1.88 bits per heavy atom. The molecule has 1 atom stereocenters. The van der Waals surface area contributed by atoms with E-state index in [0.29, 0.717) is 11.4 Å². The van der Waals surface area contributed by atoms with Crippen molar-refractivity contribution in [3.05, 3.63) is 53.6 Å². The number of carbonyl (C=O) groups excluding carboxylic acids is 2. The molecule has 3 rings (SSSR count). The van der Waals surface area contributed by atoms with E-state index in [1.807, 2.05) is 55.5 Å². The van der Waals surface area contributed by atoms with Gasteiger partial charge in [-0.1, -0.05) is 18.5 Å². The minimum atomic E-state index is -0.184. The van der Waals surface area contributed by atoms with Crippen molar-refractivity contribution in [1.82, 2.24) is 0 Å². The van der Waals surface area contributed by atoms with E-state index in [9.17, 15) is 9.59 Å². The van der Waals surface area contributed by atoms with Gasteiger partial charge < -0.3 is 10.2 Å². The quantitative estimate of drug-likeness (QED) is 0.710. The van der Waals surface area contributed by atoms with E-state index in [2.05, 4.69) is 5.32 Å². The Morgan fingerprint density at radius 3 is 2.46 bits per heavy atom. The van der Waals surface area contributed by atoms with Crippen molar-refractivity contribution >= 4 is 46.6 Å². The molecule has 0 saturated carbocycles. The van der Waals surface area contributed by atoms with Gasteiger partial charge in [0.15, 0.2) is 0 Å². The van der Waals surface area contributed by atoms with E-state index >= 15 is 0 Å². The Balaban J connectivity index is 1.62. The molecular weight excluding hydrogens is 368 g/mol. The summed E-state index contributed by atoms with van der Waals surface area (Å²) in [4.78, 5) is 27.2. The molecule has 6 heteroatoms. The Bertz CT molecular complexity index is 777. The predicted molar refractivity (Wildman–Crippen MR) is 108 cm³/mol. The molecule has 0 unspecified atom stereocenters. The van der Waals surface area contributed by atoms with Gasteiger partial charge >= 0.3 is 0 Å². The van der Waals surface area contributed by atoms with Gasteiger partial charge in [0, 0.05) is 34.3 Å². The smallest absolute Gasteiger partial charge is 0.237 e. The molecule has 136 valence electrons. The van der Waals surface area contributed by atoms with E-state index in [1.54, 1.807) is 4.90 Å². The minimum absolute atomic E-state index is 0.0301. The molecule has 4 nitrogen and oxygen atoms in total. The van der Waals surface area contributed by atoms with Crippen LogP contribution in [0.2, 0.25) is 5.02 Å². The summed E-state index contributed by atoms with van der Waals surface area (Å²) in [6, 6.07) is 14.9. The van der Waals surface area contributed by atoms with E-state index in [0.717, 1.165) is 35.7 Å². The van der Waals surface area contributed by atoms with Crippen LogP contribution in [-0.4, -0.2) is 23.6 Å². The van der Waals surface area contributed by atoms with Crippen molar-refractivity contribution in [2.75, 3.05) is 16.8 Å². The van der Waals surface area contributed by atoms with Crippen molar-refractivity contribution in [2.45, 2.75) is 36.3 Å². The van der Waals surface area contributed by atoms with Gasteiger partial charge in [-0.25, -0.2) is 0 Å². The molecule has 2 aromatic rings. The molecule has 1 aliphatic rings. The van der Waals surface area contributed by atoms with E-state index in [1.165, 1.54) is 11.8 Å². The summed E-state index contributed by atoms with van der Waals surface area (Å²) in [6.45, 7) is 2.76. The van der Waals surface area contributed by atoms with Crippen LogP contribution in [0.3, 0.4) is 0 Å². The van der Waals surface area contributed by atoms with Crippen LogP contribution in [0, 0.1) is 0 Å². The van der Waals surface area contributed by atoms with Crippen LogP contribution in [-0.2, 0) is 9.59 Å². The Kier molecular flexibility index (Phi) is 6.22. The lowest BCUT2D eigenvalue weighted by Gasteiger charge is -2.17. The van der Waals surface area contributed by atoms with Gasteiger partial charge in [-0.05, 0) is 61.4 Å². The first-order valence-electron chi connectivity index (χ1n) is 8.70. The molecule has 1 heterocycles. The number of anilines is 2. The Morgan fingerprint density at radius 1 is 1.19 bits per heavy atom. The summed E-state index contributed by atoms with van der Waals surface area (Å²) in [6.07, 6.45) is 2.23. The van der Waals surface area contributed by atoms with Crippen LogP contribution in [0.25, 0.3) is 0 Å². The zero-order valence-electron chi connectivity index (χ0n) is 14.6. The number of carbonyl (C=O) groups is 2. The average molecular weight is 389 g/mol. The lowest BCUT2D eigenvalue weighted by Crippen LogP contribution is -2.25. The highest BCUT2D eigenvalue weighted by Crippen LogP contribution is 2.28. The van der Waals surface area contributed by atoms with Crippen LogP contribution in [0.5, 0.6) is 0 Å². The van der Waals surface area contributed by atoms with Gasteiger partial charge in [-0.15, -0.1) is 11.8 Å². The first kappa shape index (κ1) is 18.8. The number of amides is 2. The number of hydrogen-bond donors (Lipinski definition) is 1. The highest BCUT2D eigenvalue weighted by Gasteiger charge is 2.22. The van der Waals surface area contributed by atoms with Crippen LogP contribution < -0.4 is 10.2 Å². The monoisotopic (exact) mass is 388 g/mol. The third-order valence-electron chi connectivity index (χ3n) is 4.28. The maximum Gasteiger partial charge on any atom is 0.237 e. The Hall–Kier alpha value is -1.98. The van der Waals surface area contributed by atoms with Crippen LogP contribution >= 0.6 is 23.4 Å². The van der Waals surface area contributed by atoms with Crippen molar-refractivity contribution in [3.63, 3.8) is 0 Å². The summed E-state index contributed by atoms with van der Waals surface area (Å²) < 4.78 is 0. The normalized spacial score (nSPS) is 15.2. The minimum Gasteiger partial charge on any atom is -0.325 e. The SMILES string of the molecule is CC[C@H](Sc1ccc(Cl)cc1)C(=O)Nc1ccc(N2CCCC2=O)cc1. The van der Waals surface area contributed by atoms with E-state index in [4.69, 9.17) is 11.6 Å². The second-order valence-corrected chi connectivity index (χ2v) is 7.87. The van der Waals surface area contributed by atoms with E-state index in [-0.39, 0.29) is 17.1 Å². The van der Waals surface area contributed by atoms with Gasteiger partial charge in [-0.2, -0.15) is 0 Å². The molecular formula is C20H21ClN2O2S. The van der Waals surface area contributed by atoms with E-state index < -0.39 is 0 Å². The zero-order valence-corrected chi connectivity index (χ0v) is 16.1. The van der Waals surface area contributed by atoms with Crippen LogP contribution in [0.15, 0.2) is 53.4 Å². The second kappa shape index (κ2) is 8.60. The molecule has 0 bridgehead atoms. The van der Waals surface area contributed by atoms with Crippen molar-refractivity contribution in [2.24, 2.45) is 0 Å². The highest BCUT2D eigenvalue weighted by molar-refractivity contribution is 8.00. The van der Waals surface area contributed by atoms with Crippen molar-refractivity contribution in [1.29, 1.82) is 0 Å². The number of hydrogen-bond acceptors (Lipinski definition) is 3. The van der Waals surface area contributed by atoms with Gasteiger partial charge in [-0.3, -0.25) is 9.59 Å². The molecule has 0 spiro atoms. The van der Waals surface area contributed by atoms with Crippen LogP contribution in [0.4, 0.5) is 11.4 Å². The summed E-state index contributed by atoms with van der Waals surface area (Å²) in [5.41, 5.74) is 1.62. The first-order valence-corrected chi connectivity index (χ1v) is 9.96. The third-order valence-corrected chi connectivity index (χ3v) is 5.90. The van der Waals surface area contributed by atoms with Crippen LogP contribution in [0.1, 0.15) is 26.2 Å². The molecule has 1 fully saturated rings. The van der Waals surface area contributed by atoms with Crippen molar-refractivity contribution < 1.29 is 9.59 Å². The largest absolute Gasteiger partial charge is 0.325 e. The number of nitrogens with zero attached hydrogens (tertiary/aromatic N) is 1. The molecule has 1 saturated heterocycles. The summed E-state index contributed by atoms with van der Waals surface area (Å²) >= 11 is 7.43. The average Bonchev–Trinajstić information content (AvgIpc) is 3.07. The highest BCUT2D eigenvalue weighted by atomic mass is 35.5. The lowest BCUT2D eigenvalue weighted by atomic mass is 10.2. The topological polar surface area (TPSA) is 49.4 Å². The molecule has 2 aromatic carbocycles. The molecule has 2 amide bonds. The van der Waals surface area contributed by atoms with Gasteiger partial charge in [0.2, 0.25) is 11.8 Å². The zero-order chi connectivity index (χ0) is 18.5. The molecule has 1 N–H and O–H groups in total. The third kappa shape index (κ3) is 4.59. The molecule has 0 aliphatic carbocycles. The first-order chi connectivity index (χ1) is 12.6. The van der Waals surface area contributed by atoms with Gasteiger partial charge in [0.05, 0.1) is 5.25 Å². The van der Waals surface area contributed by atoms with Gasteiger partial charge in [0.1, 0.15) is 0 Å². The fraction of sp³-hybridized carbons (Fsp3) is 0.300. The molecule has 0 aromatic heterocycles. The summed E-state index contributed by atoms with van der Waals surface area (Å²) in [5, 5.41) is 3.46. The predicted octanol–water partition coefficient (Wildman–Crippen LogP) is 4.98. The number of rotatable bonds is 6. The number of nitrogens with one attached hydrogen (secondary N) is 1. The lowest BCUT2D eigenvalue weighted by molar-refractivity contribution is -0.117. The number of halogens is 1. The van der Waals surface area contributed by atoms with Crippen molar-refractivity contribution in [3.8, 4) is 0 Å². The maximum absolute atomic E-state index is 12.6. The standard InChI is InChI=1S/C20H21ClN2O2S/c1-2-18(26-17-11-5-14(21)6-12-17)20(25)22-15-7-9-16(10-8-15)23-13-3-4-19(23)24/h5-12,18H,2-4,13H2,1H3,(H,22,25)/t18-/m0/s1. The maximum atomic E-state index is 12.6. The van der Waals surface area contributed by atoms with Gasteiger partial charge in [0.25, 0.3) is 0 Å². The molecule has 0 radical (unpaired) electrons. The fourth-order valence-electron chi connectivity index (χ4n) is 2.87. The molecule has 1 aliphatic heterocycles. The second-order valence-electron chi connectivity index (χ2n) is 6.15. The Labute approximate surface area is 162 Å². The number of benzene rings is 2. The fourth-order valence-corrected chi connectivity index (χ4v) is 3.95. The molecule has 26 heavy (non-hydrogen) atoms. The summed E-state index contributed by atoms with van der Waals surface area (Å²) in [5.74, 6) is 0.129. The number of thioether (sulfide) groups is 1. The summed E-state index contributed by atoms with van der Waals surface area (Å²) in [7, 11) is 0.